The van der Waals surface area contributed by atoms with Crippen molar-refractivity contribution in [2.75, 3.05) is 0 Å². The van der Waals surface area contributed by atoms with Gasteiger partial charge in [-0.2, -0.15) is 4.68 Å². The van der Waals surface area contributed by atoms with Gasteiger partial charge in [0.1, 0.15) is 0 Å². The van der Waals surface area contributed by atoms with Crippen LogP contribution in [-0.4, -0.2) is 25.4 Å². The van der Waals surface area contributed by atoms with Crippen molar-refractivity contribution < 1.29 is 10.0 Å². The van der Waals surface area contributed by atoms with Crippen molar-refractivity contribution in [2.45, 2.75) is 39.3 Å². The SMILES string of the molecule is CCC(C)(O)Cn1nc([N+](=O)[O-])cc1C. The molecule has 0 bridgehead atoms. The second-order valence-electron chi connectivity index (χ2n) is 3.91. The summed E-state index contributed by atoms with van der Waals surface area (Å²) in [6.45, 7) is 5.53. The van der Waals surface area contributed by atoms with E-state index in [2.05, 4.69) is 5.10 Å². The summed E-state index contributed by atoms with van der Waals surface area (Å²) in [7, 11) is 0. The van der Waals surface area contributed by atoms with Crippen molar-refractivity contribution in [3.8, 4) is 0 Å². The van der Waals surface area contributed by atoms with Crippen LogP contribution in [0.25, 0.3) is 0 Å². The van der Waals surface area contributed by atoms with E-state index in [1.165, 1.54) is 10.7 Å². The molecule has 0 aliphatic carbocycles. The molecule has 1 atom stereocenters. The number of aromatic nitrogens is 2. The smallest absolute Gasteiger partial charge is 0.388 e. The molecular weight excluding hydrogens is 198 g/mol. The van der Waals surface area contributed by atoms with Gasteiger partial charge in [-0.1, -0.05) is 6.92 Å². The maximum atomic E-state index is 10.5. The van der Waals surface area contributed by atoms with Gasteiger partial charge in [-0.3, -0.25) is 0 Å². The summed E-state index contributed by atoms with van der Waals surface area (Å²) >= 11 is 0. The minimum Gasteiger partial charge on any atom is -0.388 e. The van der Waals surface area contributed by atoms with Gasteiger partial charge in [0.25, 0.3) is 0 Å². The largest absolute Gasteiger partial charge is 0.390 e. The zero-order chi connectivity index (χ0) is 11.6. The Kier molecular flexibility index (Phi) is 3.09. The highest BCUT2D eigenvalue weighted by Crippen LogP contribution is 2.16. The van der Waals surface area contributed by atoms with Crippen LogP contribution in [0.4, 0.5) is 5.82 Å². The predicted molar refractivity (Wildman–Crippen MR) is 54.5 cm³/mol. The van der Waals surface area contributed by atoms with E-state index in [0.29, 0.717) is 12.1 Å². The fraction of sp³-hybridized carbons (Fsp3) is 0.667. The number of hydrogen-bond acceptors (Lipinski definition) is 4. The fourth-order valence-corrected chi connectivity index (χ4v) is 1.18. The Bertz CT molecular complexity index is 371. The van der Waals surface area contributed by atoms with Crippen LogP contribution >= 0.6 is 0 Å². The molecule has 0 aliphatic rings. The van der Waals surface area contributed by atoms with Gasteiger partial charge in [-0.25, -0.2) is 0 Å². The molecule has 1 N–H and O–H groups in total. The Morgan fingerprint density at radius 3 is 2.73 bits per heavy atom. The molecule has 84 valence electrons. The lowest BCUT2D eigenvalue weighted by atomic mass is 10.0. The van der Waals surface area contributed by atoms with Crippen LogP contribution in [0.1, 0.15) is 26.0 Å². The highest BCUT2D eigenvalue weighted by Gasteiger charge is 2.24. The third-order valence-corrected chi connectivity index (χ3v) is 2.41. The maximum absolute atomic E-state index is 10.5. The van der Waals surface area contributed by atoms with Gasteiger partial charge in [0.05, 0.1) is 29.0 Å². The lowest BCUT2D eigenvalue weighted by Gasteiger charge is -2.19. The molecule has 0 spiro atoms. The van der Waals surface area contributed by atoms with E-state index >= 15 is 0 Å². The highest BCUT2D eigenvalue weighted by molar-refractivity contribution is 5.21. The molecule has 1 unspecified atom stereocenters. The summed E-state index contributed by atoms with van der Waals surface area (Å²) in [6.07, 6.45) is 0.570. The minimum atomic E-state index is -0.884. The van der Waals surface area contributed by atoms with Crippen molar-refractivity contribution in [3.05, 3.63) is 21.9 Å². The van der Waals surface area contributed by atoms with Gasteiger partial charge in [0, 0.05) is 0 Å². The lowest BCUT2D eigenvalue weighted by molar-refractivity contribution is -0.389. The summed E-state index contributed by atoms with van der Waals surface area (Å²) in [5.74, 6) is -0.181. The zero-order valence-corrected chi connectivity index (χ0v) is 9.10. The molecule has 1 aromatic heterocycles. The van der Waals surface area contributed by atoms with Crippen LogP contribution in [0, 0.1) is 17.0 Å². The number of hydrogen-bond donors (Lipinski definition) is 1. The minimum absolute atomic E-state index is 0.181. The van der Waals surface area contributed by atoms with Gasteiger partial charge in [-0.15, -0.1) is 0 Å². The Labute approximate surface area is 87.7 Å². The molecule has 6 heteroatoms. The first-order valence-corrected chi connectivity index (χ1v) is 4.77. The number of nitrogens with zero attached hydrogens (tertiary/aromatic N) is 3. The molecule has 0 fully saturated rings. The van der Waals surface area contributed by atoms with Gasteiger partial charge in [0.2, 0.25) is 0 Å². The van der Waals surface area contributed by atoms with E-state index in [-0.39, 0.29) is 12.4 Å². The van der Waals surface area contributed by atoms with Crippen molar-refractivity contribution in [1.82, 2.24) is 9.78 Å². The Morgan fingerprint density at radius 2 is 2.33 bits per heavy atom. The molecule has 6 nitrogen and oxygen atoms in total. The average molecular weight is 213 g/mol. The Hall–Kier alpha value is -1.43. The summed E-state index contributed by atoms with van der Waals surface area (Å²) in [5.41, 5.74) is -0.208. The van der Waals surface area contributed by atoms with Crippen molar-refractivity contribution in [2.24, 2.45) is 0 Å². The number of aliphatic hydroxyl groups is 1. The van der Waals surface area contributed by atoms with Gasteiger partial charge in [0.15, 0.2) is 0 Å². The number of nitro groups is 1. The lowest BCUT2D eigenvalue weighted by Crippen LogP contribution is -2.30. The summed E-state index contributed by atoms with van der Waals surface area (Å²) < 4.78 is 1.46. The highest BCUT2D eigenvalue weighted by atomic mass is 16.6. The van der Waals surface area contributed by atoms with Gasteiger partial charge >= 0.3 is 5.82 Å². The third kappa shape index (κ3) is 2.76. The van der Waals surface area contributed by atoms with Crippen LogP contribution in [0.15, 0.2) is 6.07 Å². The average Bonchev–Trinajstić information content (AvgIpc) is 2.47. The van der Waals surface area contributed by atoms with E-state index in [0.717, 1.165) is 0 Å². The van der Waals surface area contributed by atoms with Crippen molar-refractivity contribution in [3.63, 3.8) is 0 Å². The molecule has 0 aliphatic heterocycles. The van der Waals surface area contributed by atoms with E-state index in [4.69, 9.17) is 0 Å². The predicted octanol–water partition coefficient (Wildman–Crippen LogP) is 1.26. The Morgan fingerprint density at radius 1 is 1.73 bits per heavy atom. The first kappa shape index (κ1) is 11.6. The molecule has 1 heterocycles. The second-order valence-corrected chi connectivity index (χ2v) is 3.91. The molecule has 0 aromatic carbocycles. The molecule has 15 heavy (non-hydrogen) atoms. The van der Waals surface area contributed by atoms with Crippen molar-refractivity contribution >= 4 is 5.82 Å². The van der Waals surface area contributed by atoms with Crippen molar-refractivity contribution in [1.29, 1.82) is 0 Å². The fourth-order valence-electron chi connectivity index (χ4n) is 1.18. The summed E-state index contributed by atoms with van der Waals surface area (Å²) in [5, 5.41) is 24.1. The van der Waals surface area contributed by atoms with E-state index in [1.807, 2.05) is 6.92 Å². The van der Waals surface area contributed by atoms with E-state index in [1.54, 1.807) is 13.8 Å². The monoisotopic (exact) mass is 213 g/mol. The molecular formula is C9H15N3O3. The van der Waals surface area contributed by atoms with Gasteiger partial charge < -0.3 is 15.2 Å². The topological polar surface area (TPSA) is 81.2 Å². The molecule has 0 amide bonds. The van der Waals surface area contributed by atoms with E-state index in [9.17, 15) is 15.2 Å². The van der Waals surface area contributed by atoms with Crippen LogP contribution < -0.4 is 0 Å². The Balaban J connectivity index is 2.91. The summed E-state index contributed by atoms with van der Waals surface area (Å²) in [4.78, 5) is 9.93. The number of aryl methyl sites for hydroxylation is 1. The summed E-state index contributed by atoms with van der Waals surface area (Å²) in [6, 6.07) is 1.39. The third-order valence-electron chi connectivity index (χ3n) is 2.41. The van der Waals surface area contributed by atoms with Crippen LogP contribution in [0.5, 0.6) is 0 Å². The standard InChI is InChI=1S/C9H15N3O3/c1-4-9(3,13)6-11-7(2)5-8(10-11)12(14)15/h5,13H,4,6H2,1-3H3. The number of rotatable bonds is 4. The molecule has 0 saturated carbocycles. The maximum Gasteiger partial charge on any atom is 0.390 e. The van der Waals surface area contributed by atoms with Gasteiger partial charge in [-0.05, 0) is 25.2 Å². The van der Waals surface area contributed by atoms with Crippen LogP contribution in [0.2, 0.25) is 0 Å². The first-order chi connectivity index (χ1) is 6.85. The molecule has 0 saturated heterocycles. The molecule has 0 radical (unpaired) electrons. The quantitative estimate of drug-likeness (QED) is 0.603. The second kappa shape index (κ2) is 3.98. The molecule has 1 aromatic rings. The normalized spacial score (nSPS) is 14.9. The first-order valence-electron chi connectivity index (χ1n) is 4.77. The van der Waals surface area contributed by atoms with Crippen LogP contribution in [-0.2, 0) is 6.54 Å². The van der Waals surface area contributed by atoms with Crippen LogP contribution in [0.3, 0.4) is 0 Å². The molecule has 1 rings (SSSR count). The zero-order valence-electron chi connectivity index (χ0n) is 9.10. The van der Waals surface area contributed by atoms with E-state index < -0.39 is 10.5 Å².